The number of fused-ring (bicyclic) bond motifs is 1. The molecule has 1 N–H and O–H groups in total. The minimum absolute atomic E-state index is 0.269. The van der Waals surface area contributed by atoms with Crippen LogP contribution < -0.4 is 4.90 Å². The lowest BCUT2D eigenvalue weighted by Crippen LogP contribution is -2.25. The molecule has 0 unspecified atom stereocenters. The Labute approximate surface area is 112 Å². The molecule has 0 saturated carbocycles. The summed E-state index contributed by atoms with van der Waals surface area (Å²) in [6, 6.07) is 7.32. The number of aromatic hydroxyl groups is 1. The van der Waals surface area contributed by atoms with Crippen molar-refractivity contribution < 1.29 is 5.11 Å². The zero-order valence-corrected chi connectivity index (χ0v) is 11.2. The van der Waals surface area contributed by atoms with Gasteiger partial charge in [0.15, 0.2) is 0 Å². The van der Waals surface area contributed by atoms with Gasteiger partial charge in [-0.2, -0.15) is 0 Å². The first-order chi connectivity index (χ1) is 8.76. The highest BCUT2D eigenvalue weighted by Crippen LogP contribution is 2.27. The fourth-order valence-electron chi connectivity index (χ4n) is 2.06. The number of rotatable bonds is 5. The smallest absolute Gasteiger partial charge is 0.136 e. The molecule has 0 radical (unpaired) electrons. The lowest BCUT2D eigenvalue weighted by molar-refractivity contribution is 0.476. The third-order valence-corrected chi connectivity index (χ3v) is 3.24. The van der Waals surface area contributed by atoms with Gasteiger partial charge in [0, 0.05) is 30.6 Å². The third-order valence-electron chi connectivity index (χ3n) is 2.97. The lowest BCUT2D eigenvalue weighted by atomic mass is 10.1. The number of hydrogen-bond donors (Lipinski definition) is 1. The maximum atomic E-state index is 9.62. The largest absolute Gasteiger partial charge is 0.508 e. The molecule has 3 nitrogen and oxygen atoms in total. The third kappa shape index (κ3) is 2.67. The normalized spacial score (nSPS) is 10.8. The second-order valence-electron chi connectivity index (χ2n) is 4.16. The van der Waals surface area contributed by atoms with Gasteiger partial charge in [-0.3, -0.25) is 0 Å². The molecule has 1 heterocycles. The van der Waals surface area contributed by atoms with Crippen molar-refractivity contribution in [1.29, 1.82) is 0 Å². The molecular weight excluding hydrogens is 248 g/mol. The Morgan fingerprint density at radius 2 is 2.17 bits per heavy atom. The first-order valence-corrected chi connectivity index (χ1v) is 6.68. The summed E-state index contributed by atoms with van der Waals surface area (Å²) in [5, 5.41) is 11.7. The zero-order chi connectivity index (χ0) is 13.0. The van der Waals surface area contributed by atoms with Crippen molar-refractivity contribution in [3.63, 3.8) is 0 Å². The summed E-state index contributed by atoms with van der Waals surface area (Å²) in [7, 11) is 0. The van der Waals surface area contributed by atoms with Crippen LogP contribution in [0, 0.1) is 0 Å². The van der Waals surface area contributed by atoms with E-state index in [1.807, 2.05) is 12.1 Å². The Kier molecular flexibility index (Phi) is 4.26. The van der Waals surface area contributed by atoms with E-state index in [0.29, 0.717) is 5.88 Å². The number of phenolic OH excluding ortho intramolecular Hbond substituents is 1. The van der Waals surface area contributed by atoms with Crippen molar-refractivity contribution >= 4 is 28.2 Å². The van der Waals surface area contributed by atoms with Gasteiger partial charge in [0.05, 0.1) is 0 Å². The number of halogens is 1. The highest BCUT2D eigenvalue weighted by atomic mass is 35.5. The summed E-state index contributed by atoms with van der Waals surface area (Å²) >= 11 is 5.75. The van der Waals surface area contributed by atoms with Gasteiger partial charge in [-0.15, -0.1) is 11.6 Å². The molecule has 4 heteroatoms. The number of benzene rings is 1. The van der Waals surface area contributed by atoms with Crippen LogP contribution in [-0.4, -0.2) is 29.1 Å². The Hall–Kier alpha value is -1.48. The van der Waals surface area contributed by atoms with Gasteiger partial charge in [-0.25, -0.2) is 4.98 Å². The van der Waals surface area contributed by atoms with Crippen LogP contribution in [-0.2, 0) is 0 Å². The topological polar surface area (TPSA) is 36.4 Å². The molecule has 0 aliphatic rings. The predicted molar refractivity (Wildman–Crippen MR) is 76.6 cm³/mol. The molecule has 0 atom stereocenters. The van der Waals surface area contributed by atoms with Crippen LogP contribution >= 0.6 is 11.6 Å². The first-order valence-electron chi connectivity index (χ1n) is 6.15. The summed E-state index contributed by atoms with van der Waals surface area (Å²) in [4.78, 5) is 6.63. The second kappa shape index (κ2) is 5.91. The molecule has 2 rings (SSSR count). The highest BCUT2D eigenvalue weighted by molar-refractivity contribution is 6.17. The SMILES string of the molecule is CCN(CCCCl)c1nccc2ccc(O)cc12. The van der Waals surface area contributed by atoms with Crippen LogP contribution in [0.4, 0.5) is 5.82 Å². The molecule has 1 aromatic heterocycles. The van der Waals surface area contributed by atoms with Gasteiger partial charge in [0.25, 0.3) is 0 Å². The van der Waals surface area contributed by atoms with E-state index < -0.39 is 0 Å². The number of hydrogen-bond acceptors (Lipinski definition) is 3. The molecule has 0 bridgehead atoms. The predicted octanol–water partition coefficient (Wildman–Crippen LogP) is 3.40. The molecule has 0 fully saturated rings. The van der Waals surface area contributed by atoms with Gasteiger partial charge in [0.1, 0.15) is 11.6 Å². The van der Waals surface area contributed by atoms with E-state index in [2.05, 4.69) is 16.8 Å². The van der Waals surface area contributed by atoms with E-state index in [1.54, 1.807) is 18.3 Å². The average molecular weight is 265 g/mol. The number of aromatic nitrogens is 1. The van der Waals surface area contributed by atoms with Gasteiger partial charge >= 0.3 is 0 Å². The molecule has 0 saturated heterocycles. The fraction of sp³-hybridized carbons (Fsp3) is 0.357. The van der Waals surface area contributed by atoms with Crippen molar-refractivity contribution in [3.05, 3.63) is 30.5 Å². The van der Waals surface area contributed by atoms with E-state index in [9.17, 15) is 5.11 Å². The van der Waals surface area contributed by atoms with Crippen molar-refractivity contribution in [3.8, 4) is 5.75 Å². The van der Waals surface area contributed by atoms with Crippen LogP contribution in [0.25, 0.3) is 10.8 Å². The second-order valence-corrected chi connectivity index (χ2v) is 4.54. The molecule has 96 valence electrons. The molecule has 2 aromatic rings. The number of phenols is 1. The summed E-state index contributed by atoms with van der Waals surface area (Å²) in [6.45, 7) is 3.85. The van der Waals surface area contributed by atoms with E-state index in [0.717, 1.165) is 36.1 Å². The summed E-state index contributed by atoms with van der Waals surface area (Å²) in [5.74, 6) is 1.83. The Morgan fingerprint density at radius 3 is 2.89 bits per heavy atom. The molecular formula is C14H17ClN2O. The molecule has 0 spiro atoms. The van der Waals surface area contributed by atoms with Gasteiger partial charge in [-0.05, 0) is 36.9 Å². The number of anilines is 1. The van der Waals surface area contributed by atoms with E-state index in [-0.39, 0.29) is 5.75 Å². The molecule has 0 amide bonds. The maximum absolute atomic E-state index is 9.62. The number of pyridine rings is 1. The number of alkyl halides is 1. The van der Waals surface area contributed by atoms with Crippen molar-refractivity contribution in [2.45, 2.75) is 13.3 Å². The van der Waals surface area contributed by atoms with Gasteiger partial charge < -0.3 is 10.0 Å². The van der Waals surface area contributed by atoms with E-state index in [4.69, 9.17) is 11.6 Å². The van der Waals surface area contributed by atoms with E-state index in [1.165, 1.54) is 0 Å². The van der Waals surface area contributed by atoms with Crippen LogP contribution in [0.3, 0.4) is 0 Å². The minimum Gasteiger partial charge on any atom is -0.508 e. The van der Waals surface area contributed by atoms with Crippen molar-refractivity contribution in [2.75, 3.05) is 23.9 Å². The van der Waals surface area contributed by atoms with Crippen LogP contribution in [0.1, 0.15) is 13.3 Å². The Balaban J connectivity index is 2.44. The van der Waals surface area contributed by atoms with Crippen LogP contribution in [0.15, 0.2) is 30.5 Å². The lowest BCUT2D eigenvalue weighted by Gasteiger charge is -2.23. The fourth-order valence-corrected chi connectivity index (χ4v) is 2.18. The Bertz CT molecular complexity index is 530. The summed E-state index contributed by atoms with van der Waals surface area (Å²) in [6.07, 6.45) is 2.73. The minimum atomic E-state index is 0.269. The first kappa shape index (κ1) is 13.0. The van der Waals surface area contributed by atoms with Gasteiger partial charge in [0.2, 0.25) is 0 Å². The van der Waals surface area contributed by atoms with Crippen molar-refractivity contribution in [1.82, 2.24) is 4.98 Å². The van der Waals surface area contributed by atoms with Crippen molar-refractivity contribution in [2.24, 2.45) is 0 Å². The zero-order valence-electron chi connectivity index (χ0n) is 10.4. The number of nitrogens with zero attached hydrogens (tertiary/aromatic N) is 2. The Morgan fingerprint density at radius 1 is 1.33 bits per heavy atom. The quantitative estimate of drug-likeness (QED) is 0.841. The van der Waals surface area contributed by atoms with Gasteiger partial charge in [-0.1, -0.05) is 6.07 Å². The highest BCUT2D eigenvalue weighted by Gasteiger charge is 2.10. The summed E-state index contributed by atoms with van der Waals surface area (Å²) in [5.41, 5.74) is 0. The molecule has 0 aliphatic carbocycles. The molecule has 1 aromatic carbocycles. The molecule has 18 heavy (non-hydrogen) atoms. The monoisotopic (exact) mass is 264 g/mol. The van der Waals surface area contributed by atoms with Crippen LogP contribution in [0.5, 0.6) is 5.75 Å². The molecule has 0 aliphatic heterocycles. The average Bonchev–Trinajstić information content (AvgIpc) is 2.40. The summed E-state index contributed by atoms with van der Waals surface area (Å²) < 4.78 is 0. The van der Waals surface area contributed by atoms with Crippen LogP contribution in [0.2, 0.25) is 0 Å². The standard InChI is InChI=1S/C14H17ClN2O/c1-2-17(9-3-7-15)14-13-10-12(18)5-4-11(13)6-8-16-14/h4-6,8,10,18H,2-3,7,9H2,1H3. The van der Waals surface area contributed by atoms with E-state index >= 15 is 0 Å². The maximum Gasteiger partial charge on any atom is 0.136 e.